The van der Waals surface area contributed by atoms with Gasteiger partial charge in [0, 0.05) is 0 Å². The van der Waals surface area contributed by atoms with Crippen molar-refractivity contribution in [1.82, 2.24) is 29.9 Å². The molecule has 0 saturated carbocycles. The van der Waals surface area contributed by atoms with Crippen molar-refractivity contribution in [3.8, 4) is 0 Å². The van der Waals surface area contributed by atoms with Crippen LogP contribution in [-0.2, 0) is 0 Å². The minimum Gasteiger partial charge on any atom is -0.225 e. The van der Waals surface area contributed by atoms with Gasteiger partial charge in [0.05, 0.1) is 0 Å². The molecular formula is C6H4N6S4. The molecule has 2 heterocycles. The molecule has 0 spiro atoms. The molecule has 0 N–H and O–H groups in total. The van der Waals surface area contributed by atoms with Gasteiger partial charge >= 0.3 is 0 Å². The van der Waals surface area contributed by atoms with Crippen LogP contribution in [0.1, 0.15) is 0 Å². The van der Waals surface area contributed by atoms with Gasteiger partial charge in [0.15, 0.2) is 0 Å². The Kier molecular flexibility index (Phi) is 5.12. The lowest BCUT2D eigenvalue weighted by atomic mass is 11.1. The normalized spacial score (nSPS) is 10.2. The maximum absolute atomic E-state index is 3.98. The molecular weight excluding hydrogens is 284 g/mol. The number of aromatic nitrogens is 6. The van der Waals surface area contributed by atoms with Crippen LogP contribution >= 0.6 is 41.2 Å². The molecule has 0 radical (unpaired) electrons. The number of hydrogen-bond acceptors (Lipinski definition) is 10. The molecule has 0 saturated heterocycles. The van der Waals surface area contributed by atoms with Gasteiger partial charge in [-0.25, -0.2) is 29.9 Å². The third-order valence-electron chi connectivity index (χ3n) is 1.18. The first-order chi connectivity index (χ1) is 7.95. The Bertz CT molecular complexity index is 372. The summed E-state index contributed by atoms with van der Waals surface area (Å²) in [7, 11) is 6.02. The Morgan fingerprint density at radius 3 is 1.38 bits per heavy atom. The molecule has 0 fully saturated rings. The van der Waals surface area contributed by atoms with Crippen LogP contribution in [0.2, 0.25) is 0 Å². The predicted molar refractivity (Wildman–Crippen MR) is 66.5 cm³/mol. The minimum atomic E-state index is 0.684. The predicted octanol–water partition coefficient (Wildman–Crippen LogP) is 2.15. The van der Waals surface area contributed by atoms with Crippen molar-refractivity contribution in [2.45, 2.75) is 10.3 Å². The molecule has 6 nitrogen and oxygen atoms in total. The molecule has 2 aromatic heterocycles. The zero-order valence-corrected chi connectivity index (χ0v) is 10.9. The Hall–Kier alpha value is -0.580. The van der Waals surface area contributed by atoms with Gasteiger partial charge in [-0.05, 0) is 41.2 Å². The van der Waals surface area contributed by atoms with Crippen LogP contribution < -0.4 is 0 Å². The third kappa shape index (κ3) is 4.12. The van der Waals surface area contributed by atoms with E-state index >= 15 is 0 Å². The van der Waals surface area contributed by atoms with Gasteiger partial charge in [-0.1, -0.05) is 0 Å². The van der Waals surface area contributed by atoms with Crippen molar-refractivity contribution >= 4 is 41.2 Å². The molecule has 16 heavy (non-hydrogen) atoms. The van der Waals surface area contributed by atoms with Crippen LogP contribution in [0.5, 0.6) is 0 Å². The van der Waals surface area contributed by atoms with Gasteiger partial charge in [-0.15, -0.1) is 0 Å². The number of nitrogens with zero attached hydrogens (tertiary/aromatic N) is 6. The van der Waals surface area contributed by atoms with E-state index in [4.69, 9.17) is 0 Å². The Morgan fingerprint density at radius 2 is 1.00 bits per heavy atom. The van der Waals surface area contributed by atoms with Gasteiger partial charge in [-0.3, -0.25) is 0 Å². The van der Waals surface area contributed by atoms with Crippen molar-refractivity contribution < 1.29 is 0 Å². The lowest BCUT2D eigenvalue weighted by Gasteiger charge is -1.96. The second-order valence-electron chi connectivity index (χ2n) is 2.14. The van der Waals surface area contributed by atoms with Crippen molar-refractivity contribution in [2.75, 3.05) is 0 Å². The van der Waals surface area contributed by atoms with E-state index in [-0.39, 0.29) is 0 Å². The lowest BCUT2D eigenvalue weighted by Crippen LogP contribution is -1.83. The molecule has 0 aliphatic carbocycles. The van der Waals surface area contributed by atoms with Gasteiger partial charge in [0.25, 0.3) is 0 Å². The largest absolute Gasteiger partial charge is 0.225 e. The third-order valence-corrected chi connectivity index (χ3v) is 6.79. The summed E-state index contributed by atoms with van der Waals surface area (Å²) in [6.45, 7) is 0. The van der Waals surface area contributed by atoms with E-state index in [1.54, 1.807) is 19.7 Å². The number of hydrogen-bond donors (Lipinski definition) is 0. The average molecular weight is 288 g/mol. The molecule has 0 aromatic carbocycles. The molecule has 0 aliphatic rings. The van der Waals surface area contributed by atoms with Gasteiger partial charge in [0.2, 0.25) is 10.3 Å². The van der Waals surface area contributed by atoms with Crippen LogP contribution in [0.3, 0.4) is 0 Å². The topological polar surface area (TPSA) is 77.3 Å². The van der Waals surface area contributed by atoms with Gasteiger partial charge in [0.1, 0.15) is 25.3 Å². The Balaban J connectivity index is 1.70. The van der Waals surface area contributed by atoms with Crippen LogP contribution in [0.15, 0.2) is 35.6 Å². The fourth-order valence-corrected chi connectivity index (χ4v) is 5.31. The van der Waals surface area contributed by atoms with Gasteiger partial charge < -0.3 is 0 Å². The lowest BCUT2D eigenvalue weighted by molar-refractivity contribution is 0.906. The maximum atomic E-state index is 3.98. The zero-order valence-electron chi connectivity index (χ0n) is 7.63. The Morgan fingerprint density at radius 1 is 0.625 bits per heavy atom. The van der Waals surface area contributed by atoms with Crippen LogP contribution in [0.25, 0.3) is 0 Å². The monoisotopic (exact) mass is 288 g/mol. The highest BCUT2D eigenvalue weighted by Gasteiger charge is 2.00. The maximum Gasteiger partial charge on any atom is 0.202 e. The summed E-state index contributed by atoms with van der Waals surface area (Å²) < 4.78 is 0. The fraction of sp³-hybridized carbons (Fsp3) is 0. The van der Waals surface area contributed by atoms with Crippen molar-refractivity contribution in [2.24, 2.45) is 0 Å². The summed E-state index contributed by atoms with van der Waals surface area (Å²) in [6, 6.07) is 0. The average Bonchev–Trinajstić information content (AvgIpc) is 2.37. The quantitative estimate of drug-likeness (QED) is 0.603. The summed E-state index contributed by atoms with van der Waals surface area (Å²) in [6.07, 6.45) is 5.89. The van der Waals surface area contributed by atoms with Crippen LogP contribution in [0.4, 0.5) is 0 Å². The van der Waals surface area contributed by atoms with E-state index in [1.807, 2.05) is 0 Å². The second-order valence-corrected chi connectivity index (χ2v) is 7.75. The van der Waals surface area contributed by atoms with Crippen molar-refractivity contribution in [3.05, 3.63) is 25.3 Å². The van der Waals surface area contributed by atoms with E-state index in [0.717, 1.165) is 0 Å². The molecule has 0 aliphatic heterocycles. The molecule has 0 amide bonds. The summed E-state index contributed by atoms with van der Waals surface area (Å²) in [4.78, 5) is 23.4. The van der Waals surface area contributed by atoms with Crippen LogP contribution in [-0.4, -0.2) is 29.9 Å². The first kappa shape index (κ1) is 11.9. The highest BCUT2D eigenvalue weighted by molar-refractivity contribution is 9.26. The summed E-state index contributed by atoms with van der Waals surface area (Å²) in [5.74, 6) is 0. The Labute approximate surface area is 106 Å². The van der Waals surface area contributed by atoms with Gasteiger partial charge in [-0.2, -0.15) is 0 Å². The highest BCUT2D eigenvalue weighted by Crippen LogP contribution is 2.47. The van der Waals surface area contributed by atoms with Crippen molar-refractivity contribution in [3.63, 3.8) is 0 Å². The summed E-state index contributed by atoms with van der Waals surface area (Å²) in [5, 5.41) is 1.37. The first-order valence-electron chi connectivity index (χ1n) is 3.87. The van der Waals surface area contributed by atoms with E-state index in [9.17, 15) is 0 Å². The standard InChI is InChI=1S/C6H4N6S4/c1-7-2-10-5(9-1)13-15-16-14-6-11-3-8-4-12-6/h1-4H. The van der Waals surface area contributed by atoms with E-state index in [2.05, 4.69) is 29.9 Å². The molecule has 0 unspecified atom stereocenters. The van der Waals surface area contributed by atoms with Crippen molar-refractivity contribution in [1.29, 1.82) is 0 Å². The summed E-state index contributed by atoms with van der Waals surface area (Å²) >= 11 is 0. The van der Waals surface area contributed by atoms with E-state index in [1.165, 1.54) is 46.9 Å². The molecule has 0 bridgehead atoms. The smallest absolute Gasteiger partial charge is 0.202 e. The molecule has 0 atom stereocenters. The summed E-state index contributed by atoms with van der Waals surface area (Å²) in [5.41, 5.74) is 0. The van der Waals surface area contributed by atoms with Crippen LogP contribution in [0, 0.1) is 0 Å². The first-order valence-corrected chi connectivity index (χ1v) is 8.68. The molecule has 82 valence electrons. The highest BCUT2D eigenvalue weighted by atomic mass is 33.7. The molecule has 10 heteroatoms. The number of rotatable bonds is 5. The van der Waals surface area contributed by atoms with E-state index < -0.39 is 0 Å². The zero-order chi connectivity index (χ0) is 11.1. The molecule has 2 aromatic rings. The SMILES string of the molecule is c1ncnc(SSSSc2ncncn2)n1. The fourth-order valence-electron chi connectivity index (χ4n) is 0.632. The van der Waals surface area contributed by atoms with E-state index in [0.29, 0.717) is 10.3 Å². The minimum absolute atomic E-state index is 0.684. The molecule has 2 rings (SSSR count). The second kappa shape index (κ2) is 6.89.